The molecule has 0 aliphatic carbocycles. The minimum Gasteiger partial charge on any atom is -0.449 e. The Bertz CT molecular complexity index is 901. The van der Waals surface area contributed by atoms with Gasteiger partial charge in [0, 0.05) is 17.2 Å². The van der Waals surface area contributed by atoms with Crippen LogP contribution in [0.2, 0.25) is 0 Å². The van der Waals surface area contributed by atoms with Crippen LogP contribution in [0.5, 0.6) is 0 Å². The summed E-state index contributed by atoms with van der Waals surface area (Å²) in [6, 6.07) is 7.67. The maximum Gasteiger partial charge on any atom is 0.294 e. The number of rotatable bonds is 2. The van der Waals surface area contributed by atoms with E-state index in [1.807, 2.05) is 24.3 Å². The van der Waals surface area contributed by atoms with Crippen LogP contribution >= 0.6 is 0 Å². The van der Waals surface area contributed by atoms with E-state index in [2.05, 4.69) is 18.8 Å². The third-order valence-electron chi connectivity index (χ3n) is 4.78. The first-order valence-electron chi connectivity index (χ1n) is 8.34. The van der Waals surface area contributed by atoms with Crippen LogP contribution in [0.3, 0.4) is 0 Å². The summed E-state index contributed by atoms with van der Waals surface area (Å²) < 4.78 is 5.65. The number of para-hydroxylation sites is 1. The molecule has 0 saturated carbocycles. The molecule has 4 rings (SSSR count). The van der Waals surface area contributed by atoms with E-state index in [0.717, 1.165) is 42.7 Å². The number of furan rings is 1. The van der Waals surface area contributed by atoms with Gasteiger partial charge >= 0.3 is 0 Å². The maximum absolute atomic E-state index is 12.3. The zero-order valence-corrected chi connectivity index (χ0v) is 13.6. The van der Waals surface area contributed by atoms with Crippen molar-refractivity contribution in [1.82, 2.24) is 9.97 Å². The molecule has 0 bridgehead atoms. The Labute approximate surface area is 134 Å². The van der Waals surface area contributed by atoms with E-state index in [0.29, 0.717) is 16.7 Å². The van der Waals surface area contributed by atoms with Crippen molar-refractivity contribution in [2.24, 2.45) is 11.8 Å². The van der Waals surface area contributed by atoms with Gasteiger partial charge in [-0.15, -0.1) is 0 Å². The van der Waals surface area contributed by atoms with Crippen molar-refractivity contribution in [3.05, 3.63) is 40.4 Å². The number of H-pyrrole nitrogens is 1. The number of hydrogen-bond donors (Lipinski definition) is 2. The molecule has 2 atom stereocenters. The molecule has 1 saturated heterocycles. The van der Waals surface area contributed by atoms with Gasteiger partial charge in [-0.05, 0) is 18.6 Å². The van der Waals surface area contributed by atoms with Crippen molar-refractivity contribution < 1.29 is 9.32 Å². The second kappa shape index (κ2) is 5.49. The normalized spacial score (nSPS) is 25.2. The summed E-state index contributed by atoms with van der Waals surface area (Å²) in [7, 11) is 0. The summed E-state index contributed by atoms with van der Waals surface area (Å²) in [6.07, 6.45) is 1.29. The standard InChI is InChI=1S/C18H21N3O2/c1-11-7-12(2)9-21(8-11)10-15-19-16-13-5-3-4-6-14(13)23-17(16)18(22)20-15/h3-6,11-12H,7-10H2,1-2H3,(H,19,20,22)/p+1/t11-,12-/m1/s1. The predicted octanol–water partition coefficient (Wildman–Crippen LogP) is 1.73. The van der Waals surface area contributed by atoms with Gasteiger partial charge in [0.15, 0.2) is 5.82 Å². The lowest BCUT2D eigenvalue weighted by atomic mass is 9.92. The number of likely N-dealkylation sites (tertiary alicyclic amines) is 1. The fraction of sp³-hybridized carbons (Fsp3) is 0.444. The molecule has 1 aromatic carbocycles. The average Bonchev–Trinajstić information content (AvgIpc) is 2.86. The number of fused-ring (bicyclic) bond motifs is 3. The minimum atomic E-state index is -0.182. The summed E-state index contributed by atoms with van der Waals surface area (Å²) in [5.41, 5.74) is 1.53. The van der Waals surface area contributed by atoms with E-state index >= 15 is 0 Å². The molecule has 0 radical (unpaired) electrons. The van der Waals surface area contributed by atoms with E-state index in [1.165, 1.54) is 11.3 Å². The molecule has 5 nitrogen and oxygen atoms in total. The van der Waals surface area contributed by atoms with Crippen molar-refractivity contribution in [2.75, 3.05) is 13.1 Å². The smallest absolute Gasteiger partial charge is 0.294 e. The molecular formula is C18H22N3O2+. The summed E-state index contributed by atoms with van der Waals surface area (Å²) in [4.78, 5) is 21.4. The van der Waals surface area contributed by atoms with Crippen molar-refractivity contribution >= 4 is 22.1 Å². The van der Waals surface area contributed by atoms with Crippen LogP contribution in [-0.2, 0) is 6.54 Å². The molecule has 5 heteroatoms. The molecule has 1 aliphatic rings. The Kier molecular flexibility index (Phi) is 3.45. The topological polar surface area (TPSA) is 63.3 Å². The number of piperidine rings is 1. The molecule has 1 aliphatic heterocycles. The van der Waals surface area contributed by atoms with Crippen LogP contribution in [0.25, 0.3) is 22.1 Å². The fourth-order valence-electron chi connectivity index (χ4n) is 4.03. The van der Waals surface area contributed by atoms with E-state index in [1.54, 1.807) is 0 Å². The third-order valence-corrected chi connectivity index (χ3v) is 4.78. The van der Waals surface area contributed by atoms with E-state index < -0.39 is 0 Å². The maximum atomic E-state index is 12.3. The molecular weight excluding hydrogens is 290 g/mol. The summed E-state index contributed by atoms with van der Waals surface area (Å²) in [6.45, 7) is 7.65. The lowest BCUT2D eigenvalue weighted by Crippen LogP contribution is -3.13. The number of hydrogen-bond acceptors (Lipinski definition) is 3. The fourth-order valence-corrected chi connectivity index (χ4v) is 4.03. The number of quaternary nitrogens is 1. The molecule has 120 valence electrons. The number of nitrogens with one attached hydrogen (secondary N) is 2. The Morgan fingerprint density at radius 1 is 1.26 bits per heavy atom. The number of benzene rings is 1. The number of nitrogens with zero attached hydrogens (tertiary/aromatic N) is 1. The highest BCUT2D eigenvalue weighted by molar-refractivity contribution is 6.01. The Morgan fingerprint density at radius 2 is 2.00 bits per heavy atom. The predicted molar refractivity (Wildman–Crippen MR) is 89.5 cm³/mol. The van der Waals surface area contributed by atoms with Gasteiger partial charge in [-0.25, -0.2) is 4.98 Å². The summed E-state index contributed by atoms with van der Waals surface area (Å²) >= 11 is 0. The molecule has 2 aromatic heterocycles. The Morgan fingerprint density at radius 3 is 2.78 bits per heavy atom. The van der Waals surface area contributed by atoms with Gasteiger partial charge in [-0.1, -0.05) is 26.0 Å². The summed E-state index contributed by atoms with van der Waals surface area (Å²) in [5.74, 6) is 2.20. The van der Waals surface area contributed by atoms with E-state index in [4.69, 9.17) is 9.40 Å². The SMILES string of the molecule is C[C@@H]1C[C@@H](C)C[NH+](Cc2nc3c(oc4ccccc43)c(=O)[nH]2)C1. The highest BCUT2D eigenvalue weighted by atomic mass is 16.3. The van der Waals surface area contributed by atoms with Crippen molar-refractivity contribution in [3.63, 3.8) is 0 Å². The van der Waals surface area contributed by atoms with Crippen LogP contribution < -0.4 is 10.5 Å². The molecule has 0 amide bonds. The molecule has 3 heterocycles. The average molecular weight is 312 g/mol. The molecule has 0 unspecified atom stereocenters. The first-order valence-corrected chi connectivity index (χ1v) is 8.34. The van der Waals surface area contributed by atoms with Crippen LogP contribution in [-0.4, -0.2) is 23.1 Å². The van der Waals surface area contributed by atoms with Crippen LogP contribution in [0.4, 0.5) is 0 Å². The van der Waals surface area contributed by atoms with Crippen molar-refractivity contribution in [3.8, 4) is 0 Å². The first kappa shape index (κ1) is 14.5. The van der Waals surface area contributed by atoms with Crippen LogP contribution in [0.1, 0.15) is 26.1 Å². The van der Waals surface area contributed by atoms with Crippen LogP contribution in [0, 0.1) is 11.8 Å². The minimum absolute atomic E-state index is 0.182. The summed E-state index contributed by atoms with van der Waals surface area (Å²) in [5, 5.41) is 0.908. The number of aromatic nitrogens is 2. The first-order chi connectivity index (χ1) is 11.1. The monoisotopic (exact) mass is 312 g/mol. The lowest BCUT2D eigenvalue weighted by molar-refractivity contribution is -0.926. The third kappa shape index (κ3) is 2.65. The van der Waals surface area contributed by atoms with Gasteiger partial charge in [-0.2, -0.15) is 0 Å². The van der Waals surface area contributed by atoms with Gasteiger partial charge in [0.05, 0.1) is 13.1 Å². The molecule has 0 spiro atoms. The second-order valence-corrected chi connectivity index (χ2v) is 7.07. The lowest BCUT2D eigenvalue weighted by Gasteiger charge is -2.31. The quantitative estimate of drug-likeness (QED) is 0.757. The van der Waals surface area contributed by atoms with Gasteiger partial charge < -0.3 is 14.3 Å². The van der Waals surface area contributed by atoms with E-state index in [-0.39, 0.29) is 5.56 Å². The zero-order chi connectivity index (χ0) is 16.0. The van der Waals surface area contributed by atoms with Gasteiger partial charge in [-0.3, -0.25) is 4.79 Å². The second-order valence-electron chi connectivity index (χ2n) is 7.07. The van der Waals surface area contributed by atoms with Gasteiger partial charge in [0.25, 0.3) is 5.56 Å². The molecule has 2 N–H and O–H groups in total. The van der Waals surface area contributed by atoms with Gasteiger partial charge in [0.1, 0.15) is 17.6 Å². The van der Waals surface area contributed by atoms with Gasteiger partial charge in [0.2, 0.25) is 5.58 Å². The van der Waals surface area contributed by atoms with Crippen molar-refractivity contribution in [2.45, 2.75) is 26.8 Å². The molecule has 3 aromatic rings. The largest absolute Gasteiger partial charge is 0.449 e. The highest BCUT2D eigenvalue weighted by Crippen LogP contribution is 2.24. The molecule has 1 fully saturated rings. The van der Waals surface area contributed by atoms with Crippen molar-refractivity contribution in [1.29, 1.82) is 0 Å². The molecule has 23 heavy (non-hydrogen) atoms. The Hall–Kier alpha value is -2.14. The number of aromatic amines is 1. The van der Waals surface area contributed by atoms with Crippen LogP contribution in [0.15, 0.2) is 33.5 Å². The zero-order valence-electron chi connectivity index (χ0n) is 13.6. The Balaban J connectivity index is 1.73. The highest BCUT2D eigenvalue weighted by Gasteiger charge is 2.26. The van der Waals surface area contributed by atoms with E-state index in [9.17, 15) is 4.79 Å².